The molecule has 7 heteroatoms. The first-order valence-corrected chi connectivity index (χ1v) is 4.54. The van der Waals surface area contributed by atoms with E-state index < -0.39 is 6.03 Å². The zero-order chi connectivity index (χ0) is 11.5. The van der Waals surface area contributed by atoms with Crippen LogP contribution in [0.3, 0.4) is 0 Å². The lowest BCUT2D eigenvalue weighted by Crippen LogP contribution is -2.20. The molecule has 0 saturated heterocycles. The van der Waals surface area contributed by atoms with Gasteiger partial charge in [-0.25, -0.2) is 4.79 Å². The first-order chi connectivity index (χ1) is 7.65. The third kappa shape index (κ3) is 2.14. The highest BCUT2D eigenvalue weighted by Crippen LogP contribution is 2.15. The number of primary amides is 1. The molecule has 3 N–H and O–H groups in total. The minimum Gasteiger partial charge on any atom is -0.351 e. The molecule has 0 radical (unpaired) electrons. The Bertz CT molecular complexity index is 503. The summed E-state index contributed by atoms with van der Waals surface area (Å²) in [5.74, 6) is 0.320. The number of amides is 2. The minimum absolute atomic E-state index is 0.320. The molecule has 0 fully saturated rings. The van der Waals surface area contributed by atoms with Crippen LogP contribution in [0, 0.1) is 0 Å². The van der Waals surface area contributed by atoms with Gasteiger partial charge in [-0.2, -0.15) is 5.10 Å². The number of rotatable bonds is 2. The Morgan fingerprint density at radius 3 is 2.75 bits per heavy atom. The second-order valence-electron chi connectivity index (χ2n) is 3.20. The molecular weight excluding hydrogens is 208 g/mol. The number of aromatic nitrogens is 4. The number of carbonyl (C=O) groups is 1. The number of carbonyl (C=O) groups excluding carboxylic acids is 1. The number of aryl methyl sites for hydroxylation is 1. The molecule has 0 aliphatic rings. The van der Waals surface area contributed by atoms with Gasteiger partial charge in [0.05, 0.1) is 11.9 Å². The number of nitrogens with two attached hydrogens (primary N) is 1. The van der Waals surface area contributed by atoms with Gasteiger partial charge >= 0.3 is 6.03 Å². The first kappa shape index (κ1) is 10.1. The van der Waals surface area contributed by atoms with E-state index in [1.807, 2.05) is 13.2 Å². The van der Waals surface area contributed by atoms with Crippen molar-refractivity contribution in [2.75, 3.05) is 5.32 Å². The smallest absolute Gasteiger partial charge is 0.317 e. The van der Waals surface area contributed by atoms with Crippen molar-refractivity contribution in [3.63, 3.8) is 0 Å². The Morgan fingerprint density at radius 1 is 1.44 bits per heavy atom. The number of anilines is 1. The molecule has 2 amide bonds. The quantitative estimate of drug-likeness (QED) is 0.760. The number of urea groups is 1. The van der Waals surface area contributed by atoms with Gasteiger partial charge in [0.2, 0.25) is 0 Å². The molecule has 0 spiro atoms. The summed E-state index contributed by atoms with van der Waals surface area (Å²) in [4.78, 5) is 10.6. The van der Waals surface area contributed by atoms with Crippen LogP contribution in [0.2, 0.25) is 0 Å². The molecule has 7 nitrogen and oxygen atoms in total. The highest BCUT2D eigenvalue weighted by Gasteiger charge is 2.03. The standard InChI is InChI=1S/C9H10N6O/c1-15-5-6(4-11-15)7-2-3-8(14-13-7)12-9(10)16/h2-5H,1H3,(H3,10,12,14,16). The molecule has 2 heterocycles. The fourth-order valence-corrected chi connectivity index (χ4v) is 1.23. The van der Waals surface area contributed by atoms with Crippen molar-refractivity contribution < 1.29 is 4.79 Å². The van der Waals surface area contributed by atoms with Crippen LogP contribution in [0.15, 0.2) is 24.5 Å². The molecule has 0 aliphatic heterocycles. The predicted molar refractivity (Wildman–Crippen MR) is 57.4 cm³/mol. The highest BCUT2D eigenvalue weighted by molar-refractivity contribution is 5.86. The Balaban J connectivity index is 2.22. The lowest BCUT2D eigenvalue weighted by atomic mass is 10.2. The lowest BCUT2D eigenvalue weighted by molar-refractivity contribution is 0.259. The van der Waals surface area contributed by atoms with E-state index in [9.17, 15) is 4.79 Å². The molecule has 2 rings (SSSR count). The minimum atomic E-state index is -0.663. The Morgan fingerprint density at radius 2 is 2.25 bits per heavy atom. The normalized spacial score (nSPS) is 10.1. The summed E-state index contributed by atoms with van der Waals surface area (Å²) >= 11 is 0. The monoisotopic (exact) mass is 218 g/mol. The van der Waals surface area contributed by atoms with E-state index >= 15 is 0 Å². The summed E-state index contributed by atoms with van der Waals surface area (Å²) in [6.45, 7) is 0. The van der Waals surface area contributed by atoms with Crippen LogP contribution in [-0.2, 0) is 7.05 Å². The number of nitrogens with zero attached hydrogens (tertiary/aromatic N) is 4. The number of hydrogen-bond acceptors (Lipinski definition) is 4. The molecule has 0 atom stereocenters. The summed E-state index contributed by atoms with van der Waals surface area (Å²) in [6.07, 6.45) is 3.51. The first-order valence-electron chi connectivity index (χ1n) is 4.54. The van der Waals surface area contributed by atoms with Gasteiger partial charge in [-0.15, -0.1) is 10.2 Å². The SMILES string of the molecule is Cn1cc(-c2ccc(NC(N)=O)nn2)cn1. The van der Waals surface area contributed by atoms with Gasteiger partial charge in [0.1, 0.15) is 0 Å². The van der Waals surface area contributed by atoms with Crippen LogP contribution in [0.25, 0.3) is 11.3 Å². The molecule has 0 aliphatic carbocycles. The average molecular weight is 218 g/mol. The molecule has 82 valence electrons. The average Bonchev–Trinajstić information content (AvgIpc) is 2.65. The zero-order valence-electron chi connectivity index (χ0n) is 8.58. The molecule has 2 aromatic rings. The van der Waals surface area contributed by atoms with Gasteiger partial charge in [0, 0.05) is 18.8 Å². The summed E-state index contributed by atoms with van der Waals surface area (Å²) in [7, 11) is 1.82. The van der Waals surface area contributed by atoms with Crippen molar-refractivity contribution in [2.45, 2.75) is 0 Å². The van der Waals surface area contributed by atoms with Crippen molar-refractivity contribution in [2.24, 2.45) is 12.8 Å². The fourth-order valence-electron chi connectivity index (χ4n) is 1.23. The number of hydrogen-bond donors (Lipinski definition) is 2. The maximum atomic E-state index is 10.6. The van der Waals surface area contributed by atoms with Crippen LogP contribution in [-0.4, -0.2) is 26.0 Å². The highest BCUT2D eigenvalue weighted by atomic mass is 16.2. The largest absolute Gasteiger partial charge is 0.351 e. The maximum Gasteiger partial charge on any atom is 0.317 e. The predicted octanol–water partition coefficient (Wildman–Crippen LogP) is 0.368. The van der Waals surface area contributed by atoms with Crippen molar-refractivity contribution in [1.29, 1.82) is 0 Å². The summed E-state index contributed by atoms with van der Waals surface area (Å²) in [5.41, 5.74) is 6.49. The van der Waals surface area contributed by atoms with Crippen LogP contribution < -0.4 is 11.1 Å². The van der Waals surface area contributed by atoms with Gasteiger partial charge in [-0.1, -0.05) is 0 Å². The lowest BCUT2D eigenvalue weighted by Gasteiger charge is -1.99. The van der Waals surface area contributed by atoms with Gasteiger partial charge in [-0.3, -0.25) is 10.00 Å². The van der Waals surface area contributed by atoms with E-state index in [0.717, 1.165) is 5.56 Å². The van der Waals surface area contributed by atoms with E-state index in [0.29, 0.717) is 11.5 Å². The molecule has 0 unspecified atom stereocenters. The summed E-state index contributed by atoms with van der Waals surface area (Å²) in [5, 5.41) is 14.1. The summed E-state index contributed by atoms with van der Waals surface area (Å²) in [6, 6.07) is 2.69. The van der Waals surface area contributed by atoms with Crippen LogP contribution >= 0.6 is 0 Å². The Kier molecular flexibility index (Phi) is 2.50. The molecule has 16 heavy (non-hydrogen) atoms. The molecule has 0 saturated carbocycles. The van der Waals surface area contributed by atoms with E-state index in [1.165, 1.54) is 0 Å². The van der Waals surface area contributed by atoms with Crippen molar-refractivity contribution in [3.05, 3.63) is 24.5 Å². The fraction of sp³-hybridized carbons (Fsp3) is 0.111. The third-order valence-electron chi connectivity index (χ3n) is 1.92. The van der Waals surface area contributed by atoms with Crippen molar-refractivity contribution in [3.8, 4) is 11.3 Å². The van der Waals surface area contributed by atoms with E-state index in [1.54, 1.807) is 23.0 Å². The van der Waals surface area contributed by atoms with Crippen molar-refractivity contribution in [1.82, 2.24) is 20.0 Å². The molecule has 0 aromatic carbocycles. The van der Waals surface area contributed by atoms with Gasteiger partial charge in [0.15, 0.2) is 5.82 Å². The van der Waals surface area contributed by atoms with E-state index in [2.05, 4.69) is 20.6 Å². The third-order valence-corrected chi connectivity index (χ3v) is 1.92. The number of nitrogens with one attached hydrogen (secondary N) is 1. The van der Waals surface area contributed by atoms with Gasteiger partial charge < -0.3 is 5.73 Å². The molecule has 2 aromatic heterocycles. The van der Waals surface area contributed by atoms with Crippen LogP contribution in [0.1, 0.15) is 0 Å². The zero-order valence-corrected chi connectivity index (χ0v) is 8.58. The van der Waals surface area contributed by atoms with Gasteiger partial charge in [0.25, 0.3) is 0 Å². The van der Waals surface area contributed by atoms with Crippen molar-refractivity contribution >= 4 is 11.8 Å². The topological polar surface area (TPSA) is 98.7 Å². The second-order valence-corrected chi connectivity index (χ2v) is 3.20. The van der Waals surface area contributed by atoms with Gasteiger partial charge in [-0.05, 0) is 12.1 Å². The second kappa shape index (κ2) is 3.97. The Hall–Kier alpha value is -2.44. The summed E-state index contributed by atoms with van der Waals surface area (Å²) < 4.78 is 1.67. The van der Waals surface area contributed by atoms with E-state index in [4.69, 9.17) is 5.73 Å². The molecular formula is C9H10N6O. The maximum absolute atomic E-state index is 10.6. The van der Waals surface area contributed by atoms with E-state index in [-0.39, 0.29) is 0 Å². The Labute approximate surface area is 91.3 Å². The molecule has 0 bridgehead atoms. The van der Waals surface area contributed by atoms with Crippen LogP contribution in [0.4, 0.5) is 10.6 Å². The van der Waals surface area contributed by atoms with Crippen LogP contribution in [0.5, 0.6) is 0 Å².